The number of amides is 1. The second-order valence-corrected chi connectivity index (χ2v) is 7.62. The Morgan fingerprint density at radius 2 is 1.87 bits per heavy atom. The Morgan fingerprint density at radius 1 is 1.17 bits per heavy atom. The molecule has 10 heteroatoms. The van der Waals surface area contributed by atoms with Gasteiger partial charge < -0.3 is 14.8 Å². The molecule has 0 atom stereocenters. The van der Waals surface area contributed by atoms with E-state index < -0.39 is 4.92 Å². The van der Waals surface area contributed by atoms with E-state index in [-0.39, 0.29) is 29.8 Å². The zero-order chi connectivity index (χ0) is 21.3. The summed E-state index contributed by atoms with van der Waals surface area (Å²) in [6.07, 6.45) is 0. The largest absolute Gasteiger partial charge is 0.454 e. The van der Waals surface area contributed by atoms with Gasteiger partial charge >= 0.3 is 4.87 Å². The van der Waals surface area contributed by atoms with E-state index in [2.05, 4.69) is 5.32 Å². The smallest absolute Gasteiger partial charge is 0.308 e. The third-order valence-electron chi connectivity index (χ3n) is 4.73. The van der Waals surface area contributed by atoms with Gasteiger partial charge in [-0.05, 0) is 30.2 Å². The van der Waals surface area contributed by atoms with E-state index in [9.17, 15) is 19.7 Å². The van der Waals surface area contributed by atoms with Gasteiger partial charge in [0.1, 0.15) is 4.88 Å². The van der Waals surface area contributed by atoms with E-state index in [4.69, 9.17) is 9.47 Å². The summed E-state index contributed by atoms with van der Waals surface area (Å²) in [5, 5.41) is 13.5. The Hall–Kier alpha value is -3.66. The number of benzene rings is 2. The molecule has 154 valence electrons. The van der Waals surface area contributed by atoms with Gasteiger partial charge in [0.15, 0.2) is 11.5 Å². The first-order chi connectivity index (χ1) is 14.4. The Morgan fingerprint density at radius 3 is 2.60 bits per heavy atom. The first-order valence-corrected chi connectivity index (χ1v) is 9.84. The lowest BCUT2D eigenvalue weighted by Crippen LogP contribution is -2.23. The lowest BCUT2D eigenvalue weighted by molar-refractivity contribution is -0.384. The van der Waals surface area contributed by atoms with Gasteiger partial charge in [-0.1, -0.05) is 29.5 Å². The van der Waals surface area contributed by atoms with Crippen LogP contribution in [-0.4, -0.2) is 22.2 Å². The van der Waals surface area contributed by atoms with Crippen LogP contribution in [0.15, 0.2) is 47.3 Å². The van der Waals surface area contributed by atoms with E-state index in [1.165, 1.54) is 12.1 Å². The summed E-state index contributed by atoms with van der Waals surface area (Å²) in [5.74, 6) is 0.936. The van der Waals surface area contributed by atoms with Crippen LogP contribution in [-0.2, 0) is 13.1 Å². The van der Waals surface area contributed by atoms with E-state index in [0.717, 1.165) is 22.5 Å². The lowest BCUT2D eigenvalue weighted by atomic mass is 10.2. The molecule has 1 aromatic heterocycles. The average molecular weight is 427 g/mol. The van der Waals surface area contributed by atoms with Gasteiger partial charge in [0.2, 0.25) is 6.79 Å². The van der Waals surface area contributed by atoms with Crippen LogP contribution in [0, 0.1) is 17.0 Å². The number of nitrogens with one attached hydrogen (secondary N) is 1. The van der Waals surface area contributed by atoms with Gasteiger partial charge in [-0.15, -0.1) is 0 Å². The second-order valence-electron chi connectivity index (χ2n) is 6.66. The third kappa shape index (κ3) is 3.90. The number of hydrogen-bond acceptors (Lipinski definition) is 7. The molecule has 0 radical (unpaired) electrons. The van der Waals surface area contributed by atoms with Crippen molar-refractivity contribution in [1.29, 1.82) is 0 Å². The first kappa shape index (κ1) is 19.6. The Bertz CT molecular complexity index is 1180. The second kappa shape index (κ2) is 7.99. The number of nitro groups is 1. The van der Waals surface area contributed by atoms with Crippen LogP contribution in [0.25, 0.3) is 0 Å². The molecule has 1 aliphatic rings. The predicted octanol–water partition coefficient (Wildman–Crippen LogP) is 2.83. The van der Waals surface area contributed by atoms with Crippen molar-refractivity contribution >= 4 is 22.9 Å². The molecule has 1 N–H and O–H groups in total. The van der Waals surface area contributed by atoms with Crippen molar-refractivity contribution < 1.29 is 19.2 Å². The number of rotatable bonds is 6. The fourth-order valence-electron chi connectivity index (χ4n) is 3.09. The highest BCUT2D eigenvalue weighted by atomic mass is 32.1. The quantitative estimate of drug-likeness (QED) is 0.478. The molecule has 0 saturated heterocycles. The molecule has 3 aromatic rings. The molecule has 9 nitrogen and oxygen atoms in total. The Balaban J connectivity index is 1.46. The normalized spacial score (nSPS) is 12.0. The topological polar surface area (TPSA) is 113 Å². The molecule has 1 amide bonds. The summed E-state index contributed by atoms with van der Waals surface area (Å²) in [7, 11) is 0. The van der Waals surface area contributed by atoms with E-state index in [1.54, 1.807) is 29.7 Å². The van der Waals surface area contributed by atoms with E-state index in [0.29, 0.717) is 28.6 Å². The van der Waals surface area contributed by atoms with Crippen LogP contribution in [0.4, 0.5) is 5.69 Å². The van der Waals surface area contributed by atoms with Crippen molar-refractivity contribution in [3.63, 3.8) is 0 Å². The van der Waals surface area contributed by atoms with Crippen molar-refractivity contribution in [3.8, 4) is 11.5 Å². The molecule has 0 fully saturated rings. The van der Waals surface area contributed by atoms with Gasteiger partial charge in [0.05, 0.1) is 11.5 Å². The van der Waals surface area contributed by atoms with Crippen LogP contribution in [0.3, 0.4) is 0 Å². The number of nitrogens with zero attached hydrogens (tertiary/aromatic N) is 2. The van der Waals surface area contributed by atoms with E-state index >= 15 is 0 Å². The molecule has 0 spiro atoms. The molecule has 2 aromatic carbocycles. The fraction of sp³-hybridized carbons (Fsp3) is 0.200. The van der Waals surface area contributed by atoms with Crippen molar-refractivity contribution in [2.75, 3.05) is 6.79 Å². The fourth-order valence-corrected chi connectivity index (χ4v) is 4.00. The highest BCUT2D eigenvalue weighted by Crippen LogP contribution is 2.32. The molecule has 0 saturated carbocycles. The molecule has 30 heavy (non-hydrogen) atoms. The number of thiazole rings is 1. The highest BCUT2D eigenvalue weighted by molar-refractivity contribution is 7.11. The van der Waals surface area contributed by atoms with Crippen molar-refractivity contribution in [1.82, 2.24) is 9.88 Å². The van der Waals surface area contributed by atoms with Crippen LogP contribution < -0.4 is 19.7 Å². The number of hydrogen-bond donors (Lipinski definition) is 1. The SMILES string of the molecule is Cc1c(C(=O)NCc2ccc([N+](=O)[O-])cc2)sc(=O)n1Cc1ccc2c(c1)OCO2. The van der Waals surface area contributed by atoms with Crippen LogP contribution in [0.2, 0.25) is 0 Å². The van der Waals surface area contributed by atoms with Crippen molar-refractivity contribution in [3.05, 3.63) is 83.9 Å². The first-order valence-electron chi connectivity index (χ1n) is 9.02. The predicted molar refractivity (Wildman–Crippen MR) is 109 cm³/mol. The maximum atomic E-state index is 12.6. The van der Waals surface area contributed by atoms with Gasteiger partial charge in [0, 0.05) is 24.4 Å². The number of carbonyl (C=O) groups is 1. The molecule has 0 unspecified atom stereocenters. The molecular weight excluding hydrogens is 410 g/mol. The monoisotopic (exact) mass is 427 g/mol. The molecule has 0 bridgehead atoms. The molecule has 2 heterocycles. The Labute approximate surface area is 174 Å². The third-order valence-corrected chi connectivity index (χ3v) is 5.81. The van der Waals surface area contributed by atoms with Gasteiger partial charge in [0.25, 0.3) is 11.6 Å². The average Bonchev–Trinajstić information content (AvgIpc) is 3.31. The number of carbonyl (C=O) groups excluding carboxylic acids is 1. The van der Waals surface area contributed by atoms with E-state index in [1.807, 2.05) is 12.1 Å². The molecular formula is C20H17N3O6S. The van der Waals surface area contributed by atoms with Crippen molar-refractivity contribution in [2.45, 2.75) is 20.0 Å². The summed E-state index contributed by atoms with van der Waals surface area (Å²) in [6, 6.07) is 11.4. The summed E-state index contributed by atoms with van der Waals surface area (Å²) in [6.45, 7) is 2.42. The maximum absolute atomic E-state index is 12.6. The van der Waals surface area contributed by atoms with Gasteiger partial charge in [-0.25, -0.2) is 0 Å². The zero-order valence-electron chi connectivity index (χ0n) is 15.9. The number of fused-ring (bicyclic) bond motifs is 1. The van der Waals surface area contributed by atoms with Crippen LogP contribution in [0.1, 0.15) is 26.5 Å². The number of ether oxygens (including phenoxy) is 2. The van der Waals surface area contributed by atoms with Gasteiger partial charge in [-0.3, -0.25) is 24.3 Å². The lowest BCUT2D eigenvalue weighted by Gasteiger charge is -2.08. The number of non-ortho nitro benzene ring substituents is 1. The minimum atomic E-state index is -0.480. The summed E-state index contributed by atoms with van der Waals surface area (Å²) in [5.41, 5.74) is 2.14. The summed E-state index contributed by atoms with van der Waals surface area (Å²) >= 11 is 0.885. The summed E-state index contributed by atoms with van der Waals surface area (Å²) < 4.78 is 12.2. The van der Waals surface area contributed by atoms with Crippen molar-refractivity contribution in [2.24, 2.45) is 0 Å². The molecule has 0 aliphatic carbocycles. The number of nitro benzene ring substituents is 1. The minimum Gasteiger partial charge on any atom is -0.454 e. The highest BCUT2D eigenvalue weighted by Gasteiger charge is 2.19. The minimum absolute atomic E-state index is 0.0141. The standard InChI is InChI=1S/C20H17N3O6S/c1-12-18(19(24)21-9-13-2-5-15(6-3-13)23(26)27)30-20(25)22(12)10-14-4-7-16-17(8-14)29-11-28-16/h2-8H,9-11H2,1H3,(H,21,24). The maximum Gasteiger partial charge on any atom is 0.308 e. The zero-order valence-corrected chi connectivity index (χ0v) is 16.7. The summed E-state index contributed by atoms with van der Waals surface area (Å²) in [4.78, 5) is 35.4. The number of aromatic nitrogens is 1. The molecule has 1 aliphatic heterocycles. The van der Waals surface area contributed by atoms with Crippen LogP contribution >= 0.6 is 11.3 Å². The van der Waals surface area contributed by atoms with Crippen LogP contribution in [0.5, 0.6) is 11.5 Å². The molecule has 4 rings (SSSR count). The van der Waals surface area contributed by atoms with Gasteiger partial charge in [-0.2, -0.15) is 0 Å². The Kier molecular flexibility index (Phi) is 5.23.